The summed E-state index contributed by atoms with van der Waals surface area (Å²) >= 11 is 12.2. The van der Waals surface area contributed by atoms with Crippen LogP contribution in [-0.4, -0.2) is 7.11 Å². The Morgan fingerprint density at radius 2 is 1.94 bits per heavy atom. The molecule has 0 bridgehead atoms. The average molecular weight is 285 g/mol. The van der Waals surface area contributed by atoms with Crippen molar-refractivity contribution in [3.05, 3.63) is 64.4 Å². The molecule has 0 saturated carbocycles. The van der Waals surface area contributed by atoms with Crippen molar-refractivity contribution >= 4 is 23.2 Å². The van der Waals surface area contributed by atoms with Gasteiger partial charge in [0.25, 0.3) is 0 Å². The third-order valence-electron chi connectivity index (χ3n) is 2.62. The molecule has 1 atom stereocenters. The number of rotatable bonds is 3. The number of ether oxygens (including phenoxy) is 1. The van der Waals surface area contributed by atoms with Crippen molar-refractivity contribution < 1.29 is 9.13 Å². The van der Waals surface area contributed by atoms with Gasteiger partial charge in [0.05, 0.1) is 12.5 Å². The molecule has 0 aliphatic carbocycles. The van der Waals surface area contributed by atoms with Crippen molar-refractivity contribution in [1.29, 1.82) is 0 Å². The van der Waals surface area contributed by atoms with Gasteiger partial charge in [-0.1, -0.05) is 29.8 Å². The summed E-state index contributed by atoms with van der Waals surface area (Å²) < 4.78 is 18.8. The van der Waals surface area contributed by atoms with Crippen molar-refractivity contribution in [1.82, 2.24) is 0 Å². The second kappa shape index (κ2) is 5.59. The maximum absolute atomic E-state index is 13.9. The molecule has 0 aromatic heterocycles. The van der Waals surface area contributed by atoms with Gasteiger partial charge in [0, 0.05) is 16.7 Å². The molecule has 1 nitrogen and oxygen atoms in total. The average Bonchev–Trinajstić information content (AvgIpc) is 2.37. The molecule has 18 heavy (non-hydrogen) atoms. The summed E-state index contributed by atoms with van der Waals surface area (Å²) in [6.07, 6.45) is 0. The molecule has 0 spiro atoms. The van der Waals surface area contributed by atoms with E-state index >= 15 is 0 Å². The number of benzene rings is 2. The van der Waals surface area contributed by atoms with E-state index in [1.807, 2.05) is 6.07 Å². The van der Waals surface area contributed by atoms with Crippen LogP contribution in [0.2, 0.25) is 5.02 Å². The summed E-state index contributed by atoms with van der Waals surface area (Å²) in [5, 5.41) is 0.00155. The summed E-state index contributed by atoms with van der Waals surface area (Å²) in [6, 6.07) is 11.7. The predicted molar refractivity (Wildman–Crippen MR) is 72.1 cm³/mol. The maximum Gasteiger partial charge on any atom is 0.131 e. The quantitative estimate of drug-likeness (QED) is 0.735. The first-order chi connectivity index (χ1) is 8.61. The van der Waals surface area contributed by atoms with Gasteiger partial charge in [-0.25, -0.2) is 4.39 Å². The lowest BCUT2D eigenvalue weighted by Crippen LogP contribution is -1.97. The van der Waals surface area contributed by atoms with Crippen LogP contribution in [0, 0.1) is 5.82 Å². The Morgan fingerprint density at radius 1 is 1.17 bits per heavy atom. The zero-order valence-electron chi connectivity index (χ0n) is 9.66. The summed E-state index contributed by atoms with van der Waals surface area (Å²) in [5.41, 5.74) is 1.16. The third kappa shape index (κ3) is 2.77. The van der Waals surface area contributed by atoms with E-state index in [1.54, 1.807) is 30.3 Å². The van der Waals surface area contributed by atoms with Gasteiger partial charge in [-0.05, 0) is 23.8 Å². The van der Waals surface area contributed by atoms with Gasteiger partial charge >= 0.3 is 0 Å². The second-order valence-electron chi connectivity index (χ2n) is 3.81. The lowest BCUT2D eigenvalue weighted by Gasteiger charge is -2.12. The Bertz CT molecular complexity index is 557. The van der Waals surface area contributed by atoms with Crippen molar-refractivity contribution in [2.24, 2.45) is 0 Å². The molecule has 0 aliphatic heterocycles. The first kappa shape index (κ1) is 13.2. The minimum atomic E-state index is -0.574. The summed E-state index contributed by atoms with van der Waals surface area (Å²) in [5.74, 6) is 0.0699. The Labute approximate surface area is 115 Å². The molecule has 2 aromatic carbocycles. The number of hydrogen-bond donors (Lipinski definition) is 0. The monoisotopic (exact) mass is 284 g/mol. The third-order valence-corrected chi connectivity index (χ3v) is 3.34. The Balaban J connectivity index is 2.37. The van der Waals surface area contributed by atoms with Crippen molar-refractivity contribution in [3.8, 4) is 5.75 Å². The molecule has 0 fully saturated rings. The van der Waals surface area contributed by atoms with Crippen LogP contribution in [0.1, 0.15) is 16.5 Å². The van der Waals surface area contributed by atoms with E-state index in [9.17, 15) is 4.39 Å². The molecule has 4 heteroatoms. The Morgan fingerprint density at radius 3 is 2.56 bits per heavy atom. The van der Waals surface area contributed by atoms with Crippen LogP contribution in [-0.2, 0) is 0 Å². The summed E-state index contributed by atoms with van der Waals surface area (Å²) in [6.45, 7) is 0. The predicted octanol–water partition coefficient (Wildman–Crippen LogP) is 4.82. The highest BCUT2D eigenvalue weighted by molar-refractivity contribution is 6.30. The first-order valence-corrected chi connectivity index (χ1v) is 6.16. The van der Waals surface area contributed by atoms with E-state index in [1.165, 1.54) is 13.2 Å². The fraction of sp³-hybridized carbons (Fsp3) is 0.143. The van der Waals surface area contributed by atoms with Crippen LogP contribution in [0.4, 0.5) is 4.39 Å². The normalized spacial score (nSPS) is 12.2. The van der Waals surface area contributed by atoms with Gasteiger partial charge < -0.3 is 4.74 Å². The zero-order chi connectivity index (χ0) is 13.1. The number of halogens is 3. The van der Waals surface area contributed by atoms with Crippen LogP contribution >= 0.6 is 23.2 Å². The van der Waals surface area contributed by atoms with E-state index in [2.05, 4.69) is 0 Å². The van der Waals surface area contributed by atoms with Gasteiger partial charge in [-0.15, -0.1) is 11.6 Å². The minimum Gasteiger partial charge on any atom is -0.497 e. The lowest BCUT2D eigenvalue weighted by atomic mass is 10.0. The standard InChI is InChI=1S/C14H11Cl2FO/c1-18-11-5-6-12(13(17)8-11)14(16)9-3-2-4-10(15)7-9/h2-8,14H,1H3. The van der Waals surface area contributed by atoms with Crippen LogP contribution in [0.25, 0.3) is 0 Å². The van der Waals surface area contributed by atoms with Crippen LogP contribution in [0.3, 0.4) is 0 Å². The fourth-order valence-electron chi connectivity index (χ4n) is 1.68. The Kier molecular flexibility index (Phi) is 4.10. The van der Waals surface area contributed by atoms with Gasteiger partial charge in [-0.2, -0.15) is 0 Å². The van der Waals surface area contributed by atoms with E-state index < -0.39 is 11.2 Å². The molecule has 1 unspecified atom stereocenters. The SMILES string of the molecule is COc1ccc(C(Cl)c2cccc(Cl)c2)c(F)c1. The Hall–Kier alpha value is -1.25. The van der Waals surface area contributed by atoms with Crippen LogP contribution in [0.5, 0.6) is 5.75 Å². The molecular weight excluding hydrogens is 274 g/mol. The van der Waals surface area contributed by atoms with Gasteiger partial charge in [0.15, 0.2) is 0 Å². The number of methoxy groups -OCH3 is 1. The van der Waals surface area contributed by atoms with Gasteiger partial charge in [-0.3, -0.25) is 0 Å². The molecule has 2 aromatic rings. The second-order valence-corrected chi connectivity index (χ2v) is 4.68. The van der Waals surface area contributed by atoms with Crippen molar-refractivity contribution in [2.45, 2.75) is 5.38 Å². The van der Waals surface area contributed by atoms with E-state index in [0.717, 1.165) is 5.56 Å². The molecule has 0 N–H and O–H groups in total. The van der Waals surface area contributed by atoms with Crippen molar-refractivity contribution in [2.75, 3.05) is 7.11 Å². The lowest BCUT2D eigenvalue weighted by molar-refractivity contribution is 0.410. The first-order valence-electron chi connectivity index (χ1n) is 5.35. The van der Waals surface area contributed by atoms with Gasteiger partial charge in [0.2, 0.25) is 0 Å². The highest BCUT2D eigenvalue weighted by atomic mass is 35.5. The minimum absolute atomic E-state index is 0.394. The fourth-order valence-corrected chi connectivity index (χ4v) is 2.20. The molecular formula is C14H11Cl2FO. The van der Waals surface area contributed by atoms with Crippen molar-refractivity contribution in [3.63, 3.8) is 0 Å². The molecule has 94 valence electrons. The summed E-state index contributed by atoms with van der Waals surface area (Å²) in [7, 11) is 1.49. The molecule has 2 rings (SSSR count). The highest BCUT2D eigenvalue weighted by Crippen LogP contribution is 2.33. The topological polar surface area (TPSA) is 9.23 Å². The molecule has 0 heterocycles. The maximum atomic E-state index is 13.9. The van der Waals surface area contributed by atoms with E-state index in [0.29, 0.717) is 16.3 Å². The molecule has 0 aliphatic rings. The number of hydrogen-bond acceptors (Lipinski definition) is 1. The largest absolute Gasteiger partial charge is 0.497 e. The van der Waals surface area contributed by atoms with Crippen LogP contribution in [0.15, 0.2) is 42.5 Å². The summed E-state index contributed by atoms with van der Waals surface area (Å²) in [4.78, 5) is 0. The molecule has 0 saturated heterocycles. The highest BCUT2D eigenvalue weighted by Gasteiger charge is 2.16. The molecule has 0 radical (unpaired) electrons. The van der Waals surface area contributed by atoms with Gasteiger partial charge in [0.1, 0.15) is 11.6 Å². The molecule has 0 amide bonds. The van der Waals surface area contributed by atoms with E-state index in [-0.39, 0.29) is 0 Å². The smallest absolute Gasteiger partial charge is 0.131 e. The number of alkyl halides is 1. The zero-order valence-corrected chi connectivity index (χ0v) is 11.2. The van der Waals surface area contributed by atoms with E-state index in [4.69, 9.17) is 27.9 Å². The van der Waals surface area contributed by atoms with Crippen LogP contribution < -0.4 is 4.74 Å².